The van der Waals surface area contributed by atoms with Gasteiger partial charge in [-0.05, 0) is 25.0 Å². The SMILES string of the molecule is COCCOC1CCCOc2cc(Br)ccc21. The van der Waals surface area contributed by atoms with Crippen LogP contribution < -0.4 is 4.74 Å². The number of benzene rings is 1. The molecular weight excluding hydrogens is 284 g/mol. The van der Waals surface area contributed by atoms with E-state index in [2.05, 4.69) is 22.0 Å². The summed E-state index contributed by atoms with van der Waals surface area (Å²) < 4.78 is 17.6. The number of hydrogen-bond acceptors (Lipinski definition) is 3. The predicted molar refractivity (Wildman–Crippen MR) is 69.4 cm³/mol. The van der Waals surface area contributed by atoms with Gasteiger partial charge in [-0.3, -0.25) is 0 Å². The Labute approximate surface area is 110 Å². The molecule has 0 fully saturated rings. The molecule has 1 heterocycles. The highest BCUT2D eigenvalue weighted by molar-refractivity contribution is 9.10. The van der Waals surface area contributed by atoms with Crippen molar-refractivity contribution in [3.8, 4) is 5.75 Å². The van der Waals surface area contributed by atoms with E-state index in [0.29, 0.717) is 13.2 Å². The molecule has 1 unspecified atom stereocenters. The molecule has 3 nitrogen and oxygen atoms in total. The zero-order chi connectivity index (χ0) is 12.1. The van der Waals surface area contributed by atoms with Crippen LogP contribution in [0.1, 0.15) is 24.5 Å². The van der Waals surface area contributed by atoms with Crippen LogP contribution in [0.2, 0.25) is 0 Å². The average Bonchev–Trinajstić information content (AvgIpc) is 2.52. The van der Waals surface area contributed by atoms with Gasteiger partial charge in [0.25, 0.3) is 0 Å². The lowest BCUT2D eigenvalue weighted by Gasteiger charge is -2.17. The van der Waals surface area contributed by atoms with Gasteiger partial charge in [0.05, 0.1) is 25.9 Å². The molecule has 1 aromatic carbocycles. The maximum atomic E-state index is 5.85. The number of methoxy groups -OCH3 is 1. The largest absolute Gasteiger partial charge is 0.493 e. The van der Waals surface area contributed by atoms with Crippen molar-refractivity contribution in [2.45, 2.75) is 18.9 Å². The molecule has 1 atom stereocenters. The third-order valence-corrected chi connectivity index (χ3v) is 3.29. The second-order valence-corrected chi connectivity index (χ2v) is 4.94. The minimum absolute atomic E-state index is 0.121. The van der Waals surface area contributed by atoms with Crippen molar-refractivity contribution in [2.75, 3.05) is 26.9 Å². The lowest BCUT2D eigenvalue weighted by molar-refractivity contribution is 0.0125. The summed E-state index contributed by atoms with van der Waals surface area (Å²) in [6, 6.07) is 6.11. The number of rotatable bonds is 4. The van der Waals surface area contributed by atoms with E-state index < -0.39 is 0 Å². The highest BCUT2D eigenvalue weighted by Gasteiger charge is 2.20. The maximum Gasteiger partial charge on any atom is 0.126 e. The molecule has 0 N–H and O–H groups in total. The molecule has 0 aliphatic carbocycles. The molecule has 0 spiro atoms. The molecule has 2 rings (SSSR count). The number of hydrogen-bond donors (Lipinski definition) is 0. The van der Waals surface area contributed by atoms with Crippen molar-refractivity contribution in [1.29, 1.82) is 0 Å². The molecular formula is C13H17BrO3. The molecule has 0 amide bonds. The van der Waals surface area contributed by atoms with Crippen LogP contribution in [-0.2, 0) is 9.47 Å². The summed E-state index contributed by atoms with van der Waals surface area (Å²) >= 11 is 3.46. The van der Waals surface area contributed by atoms with E-state index in [4.69, 9.17) is 14.2 Å². The van der Waals surface area contributed by atoms with Crippen LogP contribution in [0.25, 0.3) is 0 Å². The first kappa shape index (κ1) is 12.9. The molecule has 0 saturated heterocycles. The van der Waals surface area contributed by atoms with Gasteiger partial charge in [0.15, 0.2) is 0 Å². The number of ether oxygens (including phenoxy) is 3. The molecule has 0 radical (unpaired) electrons. The Morgan fingerprint density at radius 1 is 1.41 bits per heavy atom. The van der Waals surface area contributed by atoms with Crippen molar-refractivity contribution >= 4 is 15.9 Å². The van der Waals surface area contributed by atoms with Crippen LogP contribution in [0.4, 0.5) is 0 Å². The quantitative estimate of drug-likeness (QED) is 0.798. The van der Waals surface area contributed by atoms with Gasteiger partial charge in [-0.25, -0.2) is 0 Å². The standard InChI is InChI=1S/C13H17BrO3/c1-15-7-8-17-12-3-2-6-16-13-9-10(14)4-5-11(12)13/h4-5,9,12H,2-3,6-8H2,1H3. The van der Waals surface area contributed by atoms with E-state index in [0.717, 1.165) is 35.2 Å². The molecule has 1 aliphatic heterocycles. The molecule has 0 aromatic heterocycles. The number of halogens is 1. The van der Waals surface area contributed by atoms with Gasteiger partial charge < -0.3 is 14.2 Å². The zero-order valence-electron chi connectivity index (χ0n) is 9.95. The van der Waals surface area contributed by atoms with Crippen LogP contribution in [0.3, 0.4) is 0 Å². The second kappa shape index (κ2) is 6.38. The first-order valence-electron chi connectivity index (χ1n) is 5.84. The van der Waals surface area contributed by atoms with E-state index in [1.807, 2.05) is 12.1 Å². The molecule has 0 bridgehead atoms. The Morgan fingerprint density at radius 2 is 2.29 bits per heavy atom. The van der Waals surface area contributed by atoms with Gasteiger partial charge in [-0.1, -0.05) is 22.0 Å². The predicted octanol–water partition coefficient (Wildman–Crippen LogP) is 3.33. The summed E-state index contributed by atoms with van der Waals surface area (Å²) in [5.41, 5.74) is 1.14. The minimum atomic E-state index is 0.121. The molecule has 0 saturated carbocycles. The Bertz CT molecular complexity index is 368. The minimum Gasteiger partial charge on any atom is -0.493 e. The lowest BCUT2D eigenvalue weighted by atomic mass is 10.1. The lowest BCUT2D eigenvalue weighted by Crippen LogP contribution is -2.08. The van der Waals surface area contributed by atoms with E-state index in [9.17, 15) is 0 Å². The normalized spacial score (nSPS) is 19.3. The zero-order valence-corrected chi connectivity index (χ0v) is 11.5. The third-order valence-electron chi connectivity index (χ3n) is 2.80. The fraction of sp³-hybridized carbons (Fsp3) is 0.538. The Hall–Kier alpha value is -0.580. The van der Waals surface area contributed by atoms with Gasteiger partial charge in [0, 0.05) is 17.1 Å². The van der Waals surface area contributed by atoms with Gasteiger partial charge in [0.2, 0.25) is 0 Å². The molecule has 17 heavy (non-hydrogen) atoms. The average molecular weight is 301 g/mol. The van der Waals surface area contributed by atoms with Gasteiger partial charge in [-0.2, -0.15) is 0 Å². The Kier molecular flexibility index (Phi) is 4.83. The van der Waals surface area contributed by atoms with Crippen molar-refractivity contribution in [3.63, 3.8) is 0 Å². The van der Waals surface area contributed by atoms with Crippen LogP contribution in [-0.4, -0.2) is 26.9 Å². The highest BCUT2D eigenvalue weighted by Crippen LogP contribution is 2.35. The Balaban J connectivity index is 2.12. The monoisotopic (exact) mass is 300 g/mol. The number of fused-ring (bicyclic) bond motifs is 1. The molecule has 1 aromatic rings. The van der Waals surface area contributed by atoms with E-state index in [1.165, 1.54) is 0 Å². The highest BCUT2D eigenvalue weighted by atomic mass is 79.9. The second-order valence-electron chi connectivity index (χ2n) is 4.03. The summed E-state index contributed by atoms with van der Waals surface area (Å²) in [4.78, 5) is 0. The van der Waals surface area contributed by atoms with Crippen LogP contribution in [0.15, 0.2) is 22.7 Å². The Morgan fingerprint density at radius 3 is 3.12 bits per heavy atom. The first-order valence-corrected chi connectivity index (χ1v) is 6.63. The summed E-state index contributed by atoms with van der Waals surface area (Å²) in [6.45, 7) is 2.01. The van der Waals surface area contributed by atoms with Crippen molar-refractivity contribution in [1.82, 2.24) is 0 Å². The first-order chi connectivity index (χ1) is 8.31. The molecule has 94 valence electrons. The molecule has 4 heteroatoms. The fourth-order valence-electron chi connectivity index (χ4n) is 1.95. The summed E-state index contributed by atoms with van der Waals surface area (Å²) in [7, 11) is 1.69. The van der Waals surface area contributed by atoms with Crippen molar-refractivity contribution in [3.05, 3.63) is 28.2 Å². The van der Waals surface area contributed by atoms with Crippen LogP contribution in [0, 0.1) is 0 Å². The third kappa shape index (κ3) is 3.44. The van der Waals surface area contributed by atoms with E-state index >= 15 is 0 Å². The summed E-state index contributed by atoms with van der Waals surface area (Å²) in [5.74, 6) is 0.930. The van der Waals surface area contributed by atoms with Crippen molar-refractivity contribution in [2.24, 2.45) is 0 Å². The van der Waals surface area contributed by atoms with E-state index in [1.54, 1.807) is 7.11 Å². The van der Waals surface area contributed by atoms with E-state index in [-0.39, 0.29) is 6.10 Å². The molecule has 1 aliphatic rings. The maximum absolute atomic E-state index is 5.85. The summed E-state index contributed by atoms with van der Waals surface area (Å²) in [5, 5.41) is 0. The van der Waals surface area contributed by atoms with Gasteiger partial charge in [0.1, 0.15) is 5.75 Å². The van der Waals surface area contributed by atoms with Gasteiger partial charge in [-0.15, -0.1) is 0 Å². The smallest absolute Gasteiger partial charge is 0.126 e. The fourth-order valence-corrected chi connectivity index (χ4v) is 2.29. The van der Waals surface area contributed by atoms with Gasteiger partial charge >= 0.3 is 0 Å². The summed E-state index contributed by atoms with van der Waals surface area (Å²) in [6.07, 6.45) is 2.14. The van der Waals surface area contributed by atoms with Crippen LogP contribution >= 0.6 is 15.9 Å². The van der Waals surface area contributed by atoms with Crippen LogP contribution in [0.5, 0.6) is 5.75 Å². The topological polar surface area (TPSA) is 27.7 Å². The van der Waals surface area contributed by atoms with Crippen molar-refractivity contribution < 1.29 is 14.2 Å².